The average Bonchev–Trinajstić information content (AvgIpc) is 2.88. The molecule has 0 amide bonds. The van der Waals surface area contributed by atoms with Gasteiger partial charge in [-0.1, -0.05) is 54.6 Å². The van der Waals surface area contributed by atoms with Crippen LogP contribution >= 0.6 is 0 Å². The van der Waals surface area contributed by atoms with Gasteiger partial charge in [-0.3, -0.25) is 9.69 Å². The van der Waals surface area contributed by atoms with E-state index in [9.17, 15) is 18.0 Å². The van der Waals surface area contributed by atoms with Crippen LogP contribution in [0.5, 0.6) is 0 Å². The van der Waals surface area contributed by atoms with E-state index in [0.29, 0.717) is 19.2 Å². The number of hydrogen-bond acceptors (Lipinski definition) is 4. The minimum atomic E-state index is -4.33. The third-order valence-electron chi connectivity index (χ3n) is 6.52. The maximum Gasteiger partial charge on any atom is 0.416 e. The van der Waals surface area contributed by atoms with E-state index in [1.165, 1.54) is 12.1 Å². The molecular weight excluding hydrogens is 453 g/mol. The van der Waals surface area contributed by atoms with Gasteiger partial charge in [-0.2, -0.15) is 13.2 Å². The summed E-state index contributed by atoms with van der Waals surface area (Å²) in [6.07, 6.45) is -2.46. The molecule has 1 aliphatic heterocycles. The topological polar surface area (TPSA) is 32.8 Å². The maximum absolute atomic E-state index is 12.8. The van der Waals surface area contributed by atoms with Crippen LogP contribution in [-0.4, -0.2) is 43.6 Å². The molecule has 184 valence electrons. The molecule has 0 spiro atoms. The van der Waals surface area contributed by atoms with Gasteiger partial charge in [-0.25, -0.2) is 0 Å². The molecule has 3 aromatic rings. The highest BCUT2D eigenvalue weighted by molar-refractivity contribution is 5.71. The lowest BCUT2D eigenvalue weighted by atomic mass is 10.0. The van der Waals surface area contributed by atoms with Gasteiger partial charge < -0.3 is 9.64 Å². The Hall–Kier alpha value is -3.32. The number of piperidine rings is 1. The minimum absolute atomic E-state index is 0.209. The molecule has 0 radical (unpaired) electrons. The van der Waals surface area contributed by atoms with Crippen molar-refractivity contribution in [2.75, 3.05) is 31.6 Å². The molecule has 0 bridgehead atoms. The van der Waals surface area contributed by atoms with Crippen molar-refractivity contribution in [2.24, 2.45) is 0 Å². The van der Waals surface area contributed by atoms with Crippen LogP contribution in [0.15, 0.2) is 78.9 Å². The Balaban J connectivity index is 1.26. The van der Waals surface area contributed by atoms with Crippen LogP contribution in [-0.2, 0) is 22.3 Å². The first kappa shape index (κ1) is 24.8. The first-order valence-corrected chi connectivity index (χ1v) is 11.7. The van der Waals surface area contributed by atoms with Gasteiger partial charge in [0.15, 0.2) is 0 Å². The largest absolute Gasteiger partial charge is 0.460 e. The van der Waals surface area contributed by atoms with Crippen molar-refractivity contribution in [3.63, 3.8) is 0 Å². The van der Waals surface area contributed by atoms with Gasteiger partial charge in [0.05, 0.1) is 12.1 Å². The summed E-state index contributed by atoms with van der Waals surface area (Å²) in [5.74, 6) is -0.209. The Morgan fingerprint density at radius 2 is 1.49 bits per heavy atom. The van der Waals surface area contributed by atoms with Gasteiger partial charge in [0.25, 0.3) is 0 Å². The highest BCUT2D eigenvalue weighted by atomic mass is 19.4. The summed E-state index contributed by atoms with van der Waals surface area (Å²) < 4.78 is 43.8. The smallest absolute Gasteiger partial charge is 0.416 e. The predicted molar refractivity (Wildman–Crippen MR) is 131 cm³/mol. The monoisotopic (exact) mass is 482 g/mol. The van der Waals surface area contributed by atoms with Gasteiger partial charge in [0, 0.05) is 31.9 Å². The maximum atomic E-state index is 12.8. The molecule has 0 aromatic heterocycles. The molecule has 7 heteroatoms. The zero-order chi connectivity index (χ0) is 24.8. The molecule has 0 unspecified atom stereocenters. The SMILES string of the molecule is CN(c1ccc(-c2ccc(C(F)(F)F)cc2)cc1)C1CCN(CC(=O)OCc2ccccc2)CC1. The van der Waals surface area contributed by atoms with Crippen molar-refractivity contribution in [1.82, 2.24) is 4.90 Å². The molecule has 0 atom stereocenters. The first-order chi connectivity index (χ1) is 16.8. The van der Waals surface area contributed by atoms with Crippen molar-refractivity contribution in [2.45, 2.75) is 31.7 Å². The number of esters is 1. The van der Waals surface area contributed by atoms with Crippen molar-refractivity contribution in [1.29, 1.82) is 0 Å². The van der Waals surface area contributed by atoms with Crippen LogP contribution in [0.3, 0.4) is 0 Å². The highest BCUT2D eigenvalue weighted by Gasteiger charge is 2.30. The van der Waals surface area contributed by atoms with Crippen LogP contribution in [0.4, 0.5) is 18.9 Å². The fourth-order valence-corrected chi connectivity index (χ4v) is 4.38. The number of nitrogens with zero attached hydrogens (tertiary/aromatic N) is 2. The van der Waals surface area contributed by atoms with Crippen LogP contribution < -0.4 is 4.90 Å². The number of carbonyl (C=O) groups excluding carboxylic acids is 1. The third-order valence-corrected chi connectivity index (χ3v) is 6.52. The molecule has 1 heterocycles. The molecule has 1 aliphatic rings. The zero-order valence-electron chi connectivity index (χ0n) is 19.7. The molecule has 35 heavy (non-hydrogen) atoms. The summed E-state index contributed by atoms with van der Waals surface area (Å²) in [5.41, 5.74) is 3.01. The molecule has 1 saturated heterocycles. The summed E-state index contributed by atoms with van der Waals surface area (Å²) in [5, 5.41) is 0. The number of ether oxygens (including phenoxy) is 1. The van der Waals surface area contributed by atoms with Crippen molar-refractivity contribution < 1.29 is 22.7 Å². The molecule has 0 N–H and O–H groups in total. The second kappa shape index (κ2) is 11.0. The van der Waals surface area contributed by atoms with Gasteiger partial charge in [0.2, 0.25) is 0 Å². The number of halogens is 3. The second-order valence-electron chi connectivity index (χ2n) is 8.89. The fourth-order valence-electron chi connectivity index (χ4n) is 4.38. The van der Waals surface area contributed by atoms with E-state index in [2.05, 4.69) is 16.8 Å². The van der Waals surface area contributed by atoms with Crippen LogP contribution in [0.1, 0.15) is 24.0 Å². The van der Waals surface area contributed by atoms with Crippen molar-refractivity contribution in [3.05, 3.63) is 90.0 Å². The van der Waals surface area contributed by atoms with Crippen LogP contribution in [0, 0.1) is 0 Å². The number of alkyl halides is 3. The summed E-state index contributed by atoms with van der Waals surface area (Å²) in [6.45, 7) is 2.23. The number of likely N-dealkylation sites (tertiary alicyclic amines) is 1. The van der Waals surface area contributed by atoms with Gasteiger partial charge in [-0.15, -0.1) is 0 Å². The average molecular weight is 483 g/mol. The molecular formula is C28H29F3N2O2. The number of hydrogen-bond donors (Lipinski definition) is 0. The van der Waals surface area contributed by atoms with Gasteiger partial charge in [0.1, 0.15) is 6.61 Å². The summed E-state index contributed by atoms with van der Waals surface area (Å²) in [6, 6.07) is 23.1. The Labute approximate surface area is 203 Å². The molecule has 0 aliphatic carbocycles. The van der Waals surface area contributed by atoms with E-state index in [4.69, 9.17) is 4.74 Å². The summed E-state index contributed by atoms with van der Waals surface area (Å²) in [4.78, 5) is 16.6. The standard InChI is InChI=1S/C28H29F3N2O2/c1-32(25-13-9-23(10-14-25)22-7-11-24(12-8-22)28(29,30)31)26-15-17-33(18-16-26)19-27(34)35-20-21-5-3-2-4-6-21/h2-14,26H,15-20H2,1H3. The fraction of sp³-hybridized carbons (Fsp3) is 0.321. The first-order valence-electron chi connectivity index (χ1n) is 11.7. The lowest BCUT2D eigenvalue weighted by Gasteiger charge is -2.37. The molecule has 1 fully saturated rings. The normalized spacial score (nSPS) is 15.1. The van der Waals surface area contributed by atoms with E-state index in [-0.39, 0.29) is 5.97 Å². The van der Waals surface area contributed by atoms with E-state index < -0.39 is 11.7 Å². The predicted octanol–water partition coefficient (Wildman–Crippen LogP) is 6.02. The molecule has 0 saturated carbocycles. The molecule has 3 aromatic carbocycles. The van der Waals surface area contributed by atoms with E-state index in [0.717, 1.165) is 60.4 Å². The van der Waals surface area contributed by atoms with E-state index >= 15 is 0 Å². The highest BCUT2D eigenvalue weighted by Crippen LogP contribution is 2.32. The Bertz CT molecular complexity index is 1090. The lowest BCUT2D eigenvalue weighted by molar-refractivity contribution is -0.146. The van der Waals surface area contributed by atoms with Crippen LogP contribution in [0.2, 0.25) is 0 Å². The summed E-state index contributed by atoms with van der Waals surface area (Å²) >= 11 is 0. The Morgan fingerprint density at radius 3 is 2.06 bits per heavy atom. The Morgan fingerprint density at radius 1 is 0.914 bits per heavy atom. The van der Waals surface area contributed by atoms with Crippen molar-refractivity contribution >= 4 is 11.7 Å². The van der Waals surface area contributed by atoms with Crippen LogP contribution in [0.25, 0.3) is 11.1 Å². The van der Waals surface area contributed by atoms with Gasteiger partial charge in [-0.05, 0) is 53.8 Å². The number of benzene rings is 3. The number of anilines is 1. The molecule has 4 nitrogen and oxygen atoms in total. The third kappa shape index (κ3) is 6.63. The Kier molecular flexibility index (Phi) is 7.76. The summed E-state index contributed by atoms with van der Waals surface area (Å²) in [7, 11) is 2.06. The van der Waals surface area contributed by atoms with Gasteiger partial charge >= 0.3 is 12.1 Å². The zero-order valence-corrected chi connectivity index (χ0v) is 19.7. The molecule has 4 rings (SSSR count). The number of rotatable bonds is 7. The lowest BCUT2D eigenvalue weighted by Crippen LogP contribution is -2.45. The van der Waals surface area contributed by atoms with Crippen molar-refractivity contribution in [3.8, 4) is 11.1 Å². The second-order valence-corrected chi connectivity index (χ2v) is 8.89. The quantitative estimate of drug-likeness (QED) is 0.386. The number of carbonyl (C=O) groups is 1. The van der Waals surface area contributed by atoms with E-state index in [1.54, 1.807) is 0 Å². The van der Waals surface area contributed by atoms with E-state index in [1.807, 2.05) is 54.6 Å². The minimum Gasteiger partial charge on any atom is -0.460 e.